The molecule has 30 heavy (non-hydrogen) atoms. The molecule has 4 heteroatoms. The summed E-state index contributed by atoms with van der Waals surface area (Å²) in [4.78, 5) is 0. The first-order chi connectivity index (χ1) is 14.9. The first-order valence-electron chi connectivity index (χ1n) is 10.3. The van der Waals surface area contributed by atoms with E-state index in [4.69, 9.17) is 9.47 Å². The number of nitrogens with zero attached hydrogens (tertiary/aromatic N) is 2. The van der Waals surface area contributed by atoms with Crippen molar-refractivity contribution in [3.8, 4) is 5.75 Å². The van der Waals surface area contributed by atoms with Crippen LogP contribution in [0.15, 0.2) is 90.7 Å². The number of hydrogen-bond donors (Lipinski definition) is 0. The minimum atomic E-state index is -0.0665. The molecule has 6 rings (SSSR count). The molecule has 0 bridgehead atoms. The summed E-state index contributed by atoms with van der Waals surface area (Å²) >= 11 is 0. The molecule has 0 N–H and O–H groups in total. The van der Waals surface area contributed by atoms with Gasteiger partial charge in [-0.05, 0) is 48.3 Å². The Kier molecular flexibility index (Phi) is 4.01. The molecule has 1 aliphatic carbocycles. The van der Waals surface area contributed by atoms with Crippen LogP contribution in [0, 0.1) is 0 Å². The average Bonchev–Trinajstić information content (AvgIpc) is 2.82. The Morgan fingerprint density at radius 1 is 0.933 bits per heavy atom. The number of fused-ring (bicyclic) bond motifs is 3. The van der Waals surface area contributed by atoms with Gasteiger partial charge in [0.2, 0.25) is 0 Å². The van der Waals surface area contributed by atoms with Gasteiger partial charge in [0.1, 0.15) is 23.7 Å². The lowest BCUT2D eigenvalue weighted by molar-refractivity contribution is 0.178. The predicted molar refractivity (Wildman–Crippen MR) is 117 cm³/mol. The van der Waals surface area contributed by atoms with Crippen molar-refractivity contribution in [2.45, 2.75) is 25.0 Å². The van der Waals surface area contributed by atoms with Crippen molar-refractivity contribution >= 4 is 16.7 Å². The van der Waals surface area contributed by atoms with E-state index in [-0.39, 0.29) is 12.2 Å². The highest BCUT2D eigenvalue weighted by Crippen LogP contribution is 2.40. The van der Waals surface area contributed by atoms with Gasteiger partial charge < -0.3 is 9.47 Å². The summed E-state index contributed by atoms with van der Waals surface area (Å²) in [7, 11) is 0. The molecule has 4 nitrogen and oxygen atoms in total. The highest BCUT2D eigenvalue weighted by atomic mass is 16.5. The monoisotopic (exact) mass is 392 g/mol. The molecule has 2 atom stereocenters. The maximum atomic E-state index is 6.41. The van der Waals surface area contributed by atoms with Gasteiger partial charge in [-0.15, -0.1) is 0 Å². The topological polar surface area (TPSA) is 44.2 Å². The predicted octanol–water partition coefficient (Wildman–Crippen LogP) is 5.49. The maximum absolute atomic E-state index is 6.41. The van der Waals surface area contributed by atoms with Crippen molar-refractivity contribution in [3.63, 3.8) is 0 Å². The molecule has 0 saturated carbocycles. The number of hydrogen-bond acceptors (Lipinski definition) is 4. The van der Waals surface area contributed by atoms with Crippen LogP contribution in [-0.4, -0.2) is 16.3 Å². The lowest BCUT2D eigenvalue weighted by Gasteiger charge is -2.28. The van der Waals surface area contributed by atoms with Crippen LogP contribution in [0.2, 0.25) is 0 Å². The molecular formula is C26H20N2O2. The van der Waals surface area contributed by atoms with Gasteiger partial charge in [0.15, 0.2) is 0 Å². The van der Waals surface area contributed by atoms with Crippen LogP contribution in [0.4, 0.5) is 0 Å². The summed E-state index contributed by atoms with van der Waals surface area (Å²) in [6.45, 7) is 0. The summed E-state index contributed by atoms with van der Waals surface area (Å²) in [6.07, 6.45) is 16.0. The van der Waals surface area contributed by atoms with Gasteiger partial charge in [-0.2, -0.15) is 10.2 Å². The van der Waals surface area contributed by atoms with Crippen LogP contribution < -0.4 is 4.74 Å². The minimum absolute atomic E-state index is 0.0284. The van der Waals surface area contributed by atoms with Crippen molar-refractivity contribution in [2.75, 3.05) is 0 Å². The Morgan fingerprint density at radius 2 is 1.90 bits per heavy atom. The summed E-state index contributed by atoms with van der Waals surface area (Å²) in [5.41, 5.74) is 5.36. The number of aromatic nitrogens is 2. The third-order valence-electron chi connectivity index (χ3n) is 5.92. The molecule has 0 radical (unpaired) electrons. The Hall–Kier alpha value is -3.66. The van der Waals surface area contributed by atoms with Gasteiger partial charge >= 0.3 is 0 Å². The Bertz CT molecular complexity index is 1260. The molecule has 2 unspecified atom stereocenters. The average molecular weight is 392 g/mol. The fraction of sp³-hybridized carbons (Fsp3) is 0.154. The zero-order chi connectivity index (χ0) is 19.9. The van der Waals surface area contributed by atoms with Crippen LogP contribution in [0.1, 0.15) is 29.2 Å². The largest absolute Gasteiger partial charge is 0.485 e. The van der Waals surface area contributed by atoms with Crippen LogP contribution in [0.25, 0.3) is 16.7 Å². The van der Waals surface area contributed by atoms with Crippen LogP contribution in [0.5, 0.6) is 5.75 Å². The second-order valence-electron chi connectivity index (χ2n) is 7.73. The van der Waals surface area contributed by atoms with E-state index in [1.807, 2.05) is 36.4 Å². The summed E-state index contributed by atoms with van der Waals surface area (Å²) < 4.78 is 12.7. The Labute approximate surface area is 174 Å². The second kappa shape index (κ2) is 6.99. The molecular weight excluding hydrogens is 372 g/mol. The van der Waals surface area contributed by atoms with Gasteiger partial charge in [0.25, 0.3) is 0 Å². The van der Waals surface area contributed by atoms with Crippen LogP contribution >= 0.6 is 0 Å². The first kappa shape index (κ1) is 17.2. The lowest BCUT2D eigenvalue weighted by atomic mass is 9.92. The van der Waals surface area contributed by atoms with E-state index in [9.17, 15) is 0 Å². The van der Waals surface area contributed by atoms with Crippen LogP contribution in [-0.2, 0) is 11.2 Å². The molecule has 3 aromatic rings. The summed E-state index contributed by atoms with van der Waals surface area (Å²) in [5.74, 6) is 1.78. The van der Waals surface area contributed by atoms with Crippen molar-refractivity contribution in [1.29, 1.82) is 0 Å². The Balaban J connectivity index is 1.46. The number of aryl methyl sites for hydroxylation is 1. The Morgan fingerprint density at radius 3 is 2.90 bits per heavy atom. The molecule has 0 amide bonds. The first-order valence-corrected chi connectivity index (χ1v) is 10.3. The molecule has 3 heterocycles. The highest BCUT2D eigenvalue weighted by Gasteiger charge is 2.26. The summed E-state index contributed by atoms with van der Waals surface area (Å²) in [6, 6.07) is 14.5. The smallest absolute Gasteiger partial charge is 0.142 e. The molecule has 1 aromatic heterocycles. The normalized spacial score (nSPS) is 21.7. The van der Waals surface area contributed by atoms with Crippen molar-refractivity contribution in [2.24, 2.45) is 0 Å². The van der Waals surface area contributed by atoms with E-state index in [2.05, 4.69) is 52.7 Å². The molecule has 2 aromatic carbocycles. The van der Waals surface area contributed by atoms with Gasteiger partial charge in [0.05, 0.1) is 11.7 Å². The molecule has 0 spiro atoms. The van der Waals surface area contributed by atoms with E-state index in [1.165, 1.54) is 5.56 Å². The highest BCUT2D eigenvalue weighted by molar-refractivity contribution is 5.93. The summed E-state index contributed by atoms with van der Waals surface area (Å²) in [5, 5.41) is 9.69. The molecule has 0 fully saturated rings. The van der Waals surface area contributed by atoms with Gasteiger partial charge in [0, 0.05) is 16.5 Å². The zero-order valence-corrected chi connectivity index (χ0v) is 16.4. The van der Waals surface area contributed by atoms with E-state index >= 15 is 0 Å². The molecule has 3 aliphatic rings. The third kappa shape index (κ3) is 2.84. The number of rotatable bonds is 2. The van der Waals surface area contributed by atoms with E-state index in [1.54, 1.807) is 6.20 Å². The van der Waals surface area contributed by atoms with Crippen molar-refractivity contribution < 1.29 is 9.47 Å². The van der Waals surface area contributed by atoms with E-state index < -0.39 is 0 Å². The fourth-order valence-corrected chi connectivity index (χ4v) is 4.44. The fourth-order valence-electron chi connectivity index (χ4n) is 4.44. The molecule has 2 aliphatic heterocycles. The minimum Gasteiger partial charge on any atom is -0.485 e. The molecule has 0 saturated heterocycles. The standard InChI is InChI=1S/C26H20N2O2/c1-3-10-22-17(6-1)12-14-24(29-22)19-8-5-9-21-26(19)20(16-27-28-21)25-15-13-18-7-2-4-11-23(18)30-25/h1-11,13,15-16,23-24H,12,14H2. The van der Waals surface area contributed by atoms with Gasteiger partial charge in [-0.3, -0.25) is 0 Å². The van der Waals surface area contributed by atoms with E-state index in [0.717, 1.165) is 52.0 Å². The number of benzene rings is 2. The van der Waals surface area contributed by atoms with E-state index in [0.29, 0.717) is 0 Å². The maximum Gasteiger partial charge on any atom is 0.142 e. The number of ether oxygens (including phenoxy) is 2. The molecule has 146 valence electrons. The zero-order valence-electron chi connectivity index (χ0n) is 16.4. The number of para-hydroxylation sites is 1. The third-order valence-corrected chi connectivity index (χ3v) is 5.92. The van der Waals surface area contributed by atoms with Crippen molar-refractivity contribution in [1.82, 2.24) is 10.2 Å². The van der Waals surface area contributed by atoms with Crippen LogP contribution in [0.3, 0.4) is 0 Å². The quantitative estimate of drug-likeness (QED) is 0.579. The van der Waals surface area contributed by atoms with Crippen molar-refractivity contribution in [3.05, 3.63) is 107 Å². The lowest BCUT2D eigenvalue weighted by Crippen LogP contribution is -2.18. The number of allylic oxidation sites excluding steroid dienone is 4. The van der Waals surface area contributed by atoms with Gasteiger partial charge in [-0.1, -0.05) is 54.6 Å². The SMILES string of the molecule is C1=CC2=CC=C(c3cnnc4cccc(C5CCc6ccccc6O5)c34)OC2C=C1. The van der Waals surface area contributed by atoms with Gasteiger partial charge in [-0.25, -0.2) is 0 Å². The second-order valence-corrected chi connectivity index (χ2v) is 7.73.